The highest BCUT2D eigenvalue weighted by Gasteiger charge is 2.17. The number of para-hydroxylation sites is 1. The molecule has 0 aliphatic carbocycles. The van der Waals surface area contributed by atoms with Crippen molar-refractivity contribution in [2.75, 3.05) is 0 Å². The highest BCUT2D eigenvalue weighted by Crippen LogP contribution is 2.35. The summed E-state index contributed by atoms with van der Waals surface area (Å²) in [4.78, 5) is 18.6. The number of hydrogen-bond acceptors (Lipinski definition) is 1. The highest BCUT2D eigenvalue weighted by molar-refractivity contribution is 7.60. The van der Waals surface area contributed by atoms with Crippen LogP contribution in [0.2, 0.25) is 0 Å². The van der Waals surface area contributed by atoms with Gasteiger partial charge in [-0.25, -0.2) is 4.39 Å². The Morgan fingerprint density at radius 3 is 2.20 bits per heavy atom. The second-order valence-corrected chi connectivity index (χ2v) is 8.76. The summed E-state index contributed by atoms with van der Waals surface area (Å²) in [6.45, 7) is 0. The van der Waals surface area contributed by atoms with Crippen molar-refractivity contribution in [3.63, 3.8) is 0 Å². The molecule has 30 heavy (non-hydrogen) atoms. The lowest BCUT2D eigenvalue weighted by Crippen LogP contribution is -2.02. The first-order chi connectivity index (χ1) is 14.4. The fraction of sp³-hybridized carbons (Fsp3) is 0. The first-order valence-electron chi connectivity index (χ1n) is 9.37. The molecule has 0 amide bonds. The molecule has 0 bridgehead atoms. The third kappa shape index (κ3) is 3.14. The maximum Gasteiger partial charge on any atom is 0.356 e. The van der Waals surface area contributed by atoms with Gasteiger partial charge in [-0.05, 0) is 59.7 Å². The minimum atomic E-state index is -4.28. The van der Waals surface area contributed by atoms with Crippen molar-refractivity contribution in [1.82, 2.24) is 4.57 Å². The van der Waals surface area contributed by atoms with Crippen molar-refractivity contribution in [2.45, 2.75) is 0 Å². The molecule has 0 saturated heterocycles. The number of aromatic nitrogens is 1. The fourth-order valence-electron chi connectivity index (χ4n) is 3.89. The van der Waals surface area contributed by atoms with Gasteiger partial charge in [0.1, 0.15) is 5.82 Å². The number of halogens is 1. The molecule has 0 fully saturated rings. The molecule has 1 heterocycles. The third-order valence-electron chi connectivity index (χ3n) is 5.28. The van der Waals surface area contributed by atoms with E-state index in [4.69, 9.17) is 0 Å². The largest absolute Gasteiger partial charge is 0.356 e. The van der Waals surface area contributed by atoms with E-state index in [1.54, 1.807) is 18.2 Å². The van der Waals surface area contributed by atoms with Crippen LogP contribution in [0.4, 0.5) is 4.39 Å². The molecule has 5 aromatic rings. The van der Waals surface area contributed by atoms with E-state index < -0.39 is 7.60 Å². The molecular formula is C24H17FNO3P. The zero-order valence-corrected chi connectivity index (χ0v) is 16.6. The summed E-state index contributed by atoms with van der Waals surface area (Å²) in [7, 11) is -4.28. The van der Waals surface area contributed by atoms with Crippen LogP contribution in [-0.4, -0.2) is 14.4 Å². The average Bonchev–Trinajstić information content (AvgIpc) is 3.06. The Balaban J connectivity index is 1.70. The molecule has 4 nitrogen and oxygen atoms in total. The molecule has 0 spiro atoms. The molecule has 5 rings (SSSR count). The van der Waals surface area contributed by atoms with Crippen molar-refractivity contribution in [1.29, 1.82) is 0 Å². The van der Waals surface area contributed by atoms with Gasteiger partial charge in [0.15, 0.2) is 0 Å². The summed E-state index contributed by atoms with van der Waals surface area (Å²) >= 11 is 0. The Labute approximate surface area is 172 Å². The molecular weight excluding hydrogens is 400 g/mol. The Morgan fingerprint density at radius 2 is 1.43 bits per heavy atom. The summed E-state index contributed by atoms with van der Waals surface area (Å²) in [5, 5.41) is 2.01. The number of nitrogens with zero attached hydrogens (tertiary/aromatic N) is 1. The summed E-state index contributed by atoms with van der Waals surface area (Å²) in [5.74, 6) is -0.296. The summed E-state index contributed by atoms with van der Waals surface area (Å²) in [6, 6.07) is 26.8. The molecule has 0 atom stereocenters. The average molecular weight is 417 g/mol. The van der Waals surface area contributed by atoms with Crippen LogP contribution in [-0.2, 0) is 4.57 Å². The van der Waals surface area contributed by atoms with Crippen LogP contribution < -0.4 is 5.30 Å². The van der Waals surface area contributed by atoms with Crippen LogP contribution in [0.3, 0.4) is 0 Å². The molecule has 1 aromatic heterocycles. The van der Waals surface area contributed by atoms with Gasteiger partial charge in [-0.15, -0.1) is 0 Å². The van der Waals surface area contributed by atoms with Crippen LogP contribution in [0.15, 0.2) is 91.0 Å². The van der Waals surface area contributed by atoms with Gasteiger partial charge in [-0.1, -0.05) is 42.5 Å². The molecule has 148 valence electrons. The van der Waals surface area contributed by atoms with Gasteiger partial charge in [0.2, 0.25) is 0 Å². The highest BCUT2D eigenvalue weighted by atomic mass is 31.2. The topological polar surface area (TPSA) is 62.5 Å². The minimum absolute atomic E-state index is 0.0136. The van der Waals surface area contributed by atoms with Gasteiger partial charge in [-0.2, -0.15) is 0 Å². The number of benzene rings is 4. The van der Waals surface area contributed by atoms with E-state index >= 15 is 0 Å². The first kappa shape index (κ1) is 18.8. The second-order valence-electron chi connectivity index (χ2n) is 7.16. The molecule has 6 heteroatoms. The normalized spacial score (nSPS) is 12.0. The minimum Gasteiger partial charge on any atom is -0.321 e. The Hall–Kier alpha value is -3.24. The molecule has 4 aromatic carbocycles. The summed E-state index contributed by atoms with van der Waals surface area (Å²) in [6.07, 6.45) is 0. The van der Waals surface area contributed by atoms with Gasteiger partial charge in [0.25, 0.3) is 0 Å². The predicted molar refractivity (Wildman–Crippen MR) is 118 cm³/mol. The maximum atomic E-state index is 14.1. The maximum absolute atomic E-state index is 14.1. The molecule has 0 saturated carbocycles. The van der Waals surface area contributed by atoms with Crippen LogP contribution in [0.1, 0.15) is 0 Å². The first-order valence-corrected chi connectivity index (χ1v) is 11.0. The van der Waals surface area contributed by atoms with Crippen LogP contribution >= 0.6 is 7.60 Å². The molecule has 0 aliphatic heterocycles. The second kappa shape index (κ2) is 6.92. The fourth-order valence-corrected chi connectivity index (χ4v) is 4.43. The number of hydrogen-bond donors (Lipinski definition) is 2. The lowest BCUT2D eigenvalue weighted by molar-refractivity contribution is 0.387. The lowest BCUT2D eigenvalue weighted by Gasteiger charge is -2.11. The van der Waals surface area contributed by atoms with Gasteiger partial charge in [0.05, 0.1) is 16.3 Å². The molecule has 0 aliphatic rings. The smallest absolute Gasteiger partial charge is 0.321 e. The SMILES string of the molecule is O=P(O)(O)c1ccc(-c2cccc(-n3c4ccccc4c4ccc(F)cc43)c2)cc1. The van der Waals surface area contributed by atoms with Crippen molar-refractivity contribution in [3.05, 3.63) is 96.8 Å². The quantitative estimate of drug-likeness (QED) is 0.387. The lowest BCUT2D eigenvalue weighted by atomic mass is 10.1. The predicted octanol–water partition coefficient (Wildman–Crippen LogP) is 5.39. The summed E-state index contributed by atoms with van der Waals surface area (Å²) < 4.78 is 27.5. The molecule has 0 unspecified atom stereocenters. The number of rotatable bonds is 3. The van der Waals surface area contributed by atoms with Gasteiger partial charge < -0.3 is 14.4 Å². The van der Waals surface area contributed by atoms with E-state index in [2.05, 4.69) is 0 Å². The molecule has 0 radical (unpaired) electrons. The van der Waals surface area contributed by atoms with E-state index in [0.717, 1.165) is 38.6 Å². The zero-order valence-electron chi connectivity index (χ0n) is 15.7. The zero-order chi connectivity index (χ0) is 20.9. The monoisotopic (exact) mass is 417 g/mol. The third-order valence-corrected chi connectivity index (χ3v) is 6.25. The van der Waals surface area contributed by atoms with Gasteiger partial charge in [0, 0.05) is 16.5 Å². The van der Waals surface area contributed by atoms with Crippen molar-refractivity contribution < 1.29 is 18.7 Å². The van der Waals surface area contributed by atoms with E-state index in [-0.39, 0.29) is 11.1 Å². The van der Waals surface area contributed by atoms with Crippen molar-refractivity contribution in [2.24, 2.45) is 0 Å². The summed E-state index contributed by atoms with van der Waals surface area (Å²) in [5.41, 5.74) is 4.37. The van der Waals surface area contributed by atoms with Crippen molar-refractivity contribution >= 4 is 34.7 Å². The number of fused-ring (bicyclic) bond motifs is 3. The van der Waals surface area contributed by atoms with Crippen LogP contribution in [0.25, 0.3) is 38.6 Å². The van der Waals surface area contributed by atoms with Gasteiger partial charge in [-0.3, -0.25) is 4.57 Å². The van der Waals surface area contributed by atoms with E-state index in [1.807, 2.05) is 53.1 Å². The van der Waals surface area contributed by atoms with Gasteiger partial charge >= 0.3 is 7.60 Å². The van der Waals surface area contributed by atoms with Crippen molar-refractivity contribution in [3.8, 4) is 16.8 Å². The Bertz CT molecular complexity index is 1450. The van der Waals surface area contributed by atoms with E-state index in [1.165, 1.54) is 24.3 Å². The van der Waals surface area contributed by atoms with E-state index in [9.17, 15) is 18.7 Å². The Morgan fingerprint density at radius 1 is 0.700 bits per heavy atom. The Kier molecular flexibility index (Phi) is 4.33. The standard InChI is InChI=1S/C24H17FNO3P/c25-18-10-13-22-21-6-1-2-7-23(21)26(24(22)15-18)19-5-3-4-17(14-19)16-8-11-20(12-9-16)30(27,28)29/h1-15H,(H2,27,28,29). The van der Waals surface area contributed by atoms with E-state index in [0.29, 0.717) is 0 Å². The van der Waals surface area contributed by atoms with Crippen LogP contribution in [0.5, 0.6) is 0 Å². The van der Waals surface area contributed by atoms with Crippen LogP contribution in [0, 0.1) is 5.82 Å². The molecule has 2 N–H and O–H groups in total.